The van der Waals surface area contributed by atoms with E-state index in [4.69, 9.17) is 9.15 Å². The van der Waals surface area contributed by atoms with E-state index in [0.29, 0.717) is 32.1 Å². The fraction of sp³-hybridized carbons (Fsp3) is 0.235. The van der Waals surface area contributed by atoms with E-state index < -0.39 is 0 Å². The lowest BCUT2D eigenvalue weighted by Gasteiger charge is -2.25. The van der Waals surface area contributed by atoms with Crippen LogP contribution in [0.25, 0.3) is 17.4 Å². The second kappa shape index (κ2) is 6.94. The Morgan fingerprint density at radius 1 is 1.09 bits per heavy atom. The molecule has 0 unspecified atom stereocenters. The molecule has 0 atom stereocenters. The summed E-state index contributed by atoms with van der Waals surface area (Å²) in [5.41, 5.74) is 1.00. The first-order valence-electron chi connectivity index (χ1n) is 7.13. The quantitative estimate of drug-likeness (QED) is 0.784. The van der Waals surface area contributed by atoms with Crippen molar-refractivity contribution in [3.8, 4) is 11.3 Å². The molecule has 1 aliphatic rings. The Labute approximate surface area is 137 Å². The number of hydrogen-bond acceptors (Lipinski definition) is 3. The van der Waals surface area contributed by atoms with Gasteiger partial charge in [0.25, 0.3) is 0 Å². The predicted octanol–water partition coefficient (Wildman–Crippen LogP) is 3.58. The van der Waals surface area contributed by atoms with Crippen LogP contribution in [-0.4, -0.2) is 37.1 Å². The molecule has 1 aromatic carbocycles. The van der Waals surface area contributed by atoms with Gasteiger partial charge in [0.05, 0.1) is 13.2 Å². The molecule has 1 amide bonds. The van der Waals surface area contributed by atoms with E-state index in [2.05, 4.69) is 15.9 Å². The van der Waals surface area contributed by atoms with Gasteiger partial charge in [-0.2, -0.15) is 0 Å². The standard InChI is InChI=1S/C17H16BrNO3/c18-14-3-1-13(2-4-14)16-7-5-15(22-16)6-8-17(20)19-9-11-21-12-10-19/h1-8H,9-12H2/b8-6-. The third-order valence-corrected chi connectivity index (χ3v) is 4.00. The number of ether oxygens (including phenoxy) is 1. The molecule has 0 N–H and O–H groups in total. The molecule has 5 heteroatoms. The molecule has 114 valence electrons. The van der Waals surface area contributed by atoms with Crippen molar-refractivity contribution in [2.24, 2.45) is 0 Å². The van der Waals surface area contributed by atoms with E-state index in [1.165, 1.54) is 0 Å². The molecule has 3 rings (SSSR count). The van der Waals surface area contributed by atoms with Crippen molar-refractivity contribution in [2.45, 2.75) is 0 Å². The van der Waals surface area contributed by atoms with Gasteiger partial charge in [0.1, 0.15) is 11.5 Å². The zero-order valence-corrected chi connectivity index (χ0v) is 13.6. The Bertz CT molecular complexity index is 669. The summed E-state index contributed by atoms with van der Waals surface area (Å²) in [6.45, 7) is 2.50. The van der Waals surface area contributed by atoms with Crippen molar-refractivity contribution < 1.29 is 13.9 Å². The fourth-order valence-corrected chi connectivity index (χ4v) is 2.52. The molecule has 1 saturated heterocycles. The van der Waals surface area contributed by atoms with E-state index in [9.17, 15) is 4.79 Å². The maximum atomic E-state index is 12.0. The van der Waals surface area contributed by atoms with E-state index in [1.807, 2.05) is 36.4 Å². The summed E-state index contributed by atoms with van der Waals surface area (Å²) in [5, 5.41) is 0. The molecule has 2 heterocycles. The number of furan rings is 1. The summed E-state index contributed by atoms with van der Waals surface area (Å²) in [6, 6.07) is 11.7. The van der Waals surface area contributed by atoms with E-state index in [-0.39, 0.29) is 5.91 Å². The number of rotatable bonds is 3. The van der Waals surface area contributed by atoms with Crippen LogP contribution in [0.2, 0.25) is 0 Å². The highest BCUT2D eigenvalue weighted by molar-refractivity contribution is 9.10. The molecule has 0 saturated carbocycles. The van der Waals surface area contributed by atoms with Gasteiger partial charge >= 0.3 is 0 Å². The molecule has 1 fully saturated rings. The SMILES string of the molecule is O=C(/C=C\c1ccc(-c2ccc(Br)cc2)o1)N1CCOCC1. The average Bonchev–Trinajstić information content (AvgIpc) is 3.03. The third-order valence-electron chi connectivity index (χ3n) is 3.47. The van der Waals surface area contributed by atoms with Gasteiger partial charge in [-0.15, -0.1) is 0 Å². The lowest BCUT2D eigenvalue weighted by Crippen LogP contribution is -2.39. The molecule has 4 nitrogen and oxygen atoms in total. The van der Waals surface area contributed by atoms with Crippen molar-refractivity contribution in [2.75, 3.05) is 26.3 Å². The van der Waals surface area contributed by atoms with E-state index in [1.54, 1.807) is 17.1 Å². The highest BCUT2D eigenvalue weighted by atomic mass is 79.9. The van der Waals surface area contributed by atoms with Crippen LogP contribution in [-0.2, 0) is 9.53 Å². The second-order valence-electron chi connectivity index (χ2n) is 4.98. The molecular formula is C17H16BrNO3. The maximum absolute atomic E-state index is 12.0. The zero-order chi connectivity index (χ0) is 15.4. The van der Waals surface area contributed by atoms with Crippen molar-refractivity contribution in [1.82, 2.24) is 4.90 Å². The van der Waals surface area contributed by atoms with Crippen LogP contribution in [0.5, 0.6) is 0 Å². The Morgan fingerprint density at radius 2 is 1.82 bits per heavy atom. The normalized spacial score (nSPS) is 15.4. The summed E-state index contributed by atoms with van der Waals surface area (Å²) in [5.74, 6) is 1.44. The summed E-state index contributed by atoms with van der Waals surface area (Å²) in [7, 11) is 0. The number of amides is 1. The third kappa shape index (κ3) is 3.67. The van der Waals surface area contributed by atoms with Crippen LogP contribution < -0.4 is 0 Å². The first-order valence-corrected chi connectivity index (χ1v) is 7.92. The van der Waals surface area contributed by atoms with Crippen molar-refractivity contribution in [3.63, 3.8) is 0 Å². The first-order chi connectivity index (χ1) is 10.7. The van der Waals surface area contributed by atoms with Crippen LogP contribution in [0.1, 0.15) is 5.76 Å². The van der Waals surface area contributed by atoms with Crippen LogP contribution >= 0.6 is 15.9 Å². The van der Waals surface area contributed by atoms with Gasteiger partial charge < -0.3 is 14.1 Å². The lowest BCUT2D eigenvalue weighted by atomic mass is 10.2. The Morgan fingerprint density at radius 3 is 2.55 bits per heavy atom. The number of morpholine rings is 1. The number of carbonyl (C=O) groups is 1. The fourth-order valence-electron chi connectivity index (χ4n) is 2.25. The molecule has 22 heavy (non-hydrogen) atoms. The molecule has 2 aromatic rings. The summed E-state index contributed by atoms with van der Waals surface area (Å²) in [4.78, 5) is 13.8. The average molecular weight is 362 g/mol. The monoisotopic (exact) mass is 361 g/mol. The largest absolute Gasteiger partial charge is 0.457 e. The number of benzene rings is 1. The lowest BCUT2D eigenvalue weighted by molar-refractivity contribution is -0.129. The van der Waals surface area contributed by atoms with Crippen molar-refractivity contribution >= 4 is 27.9 Å². The molecule has 0 bridgehead atoms. The number of carbonyl (C=O) groups excluding carboxylic acids is 1. The van der Waals surface area contributed by atoms with Crippen LogP contribution in [0.15, 0.2) is 51.4 Å². The van der Waals surface area contributed by atoms with Crippen molar-refractivity contribution in [1.29, 1.82) is 0 Å². The van der Waals surface area contributed by atoms with Gasteiger partial charge in [0, 0.05) is 29.2 Å². The van der Waals surface area contributed by atoms with Crippen LogP contribution in [0, 0.1) is 0 Å². The molecule has 0 aliphatic carbocycles. The van der Waals surface area contributed by atoms with Gasteiger partial charge in [0.2, 0.25) is 5.91 Å². The highest BCUT2D eigenvalue weighted by Crippen LogP contribution is 2.24. The van der Waals surface area contributed by atoms with E-state index in [0.717, 1.165) is 15.8 Å². The molecule has 1 aromatic heterocycles. The maximum Gasteiger partial charge on any atom is 0.246 e. The molecule has 0 spiro atoms. The minimum Gasteiger partial charge on any atom is -0.457 e. The Kier molecular flexibility index (Phi) is 4.75. The number of hydrogen-bond donors (Lipinski definition) is 0. The van der Waals surface area contributed by atoms with Gasteiger partial charge in [-0.3, -0.25) is 4.79 Å². The minimum atomic E-state index is -0.00936. The summed E-state index contributed by atoms with van der Waals surface area (Å²) >= 11 is 3.41. The van der Waals surface area contributed by atoms with Gasteiger partial charge in [0.15, 0.2) is 0 Å². The van der Waals surface area contributed by atoms with Gasteiger partial charge in [-0.25, -0.2) is 0 Å². The van der Waals surface area contributed by atoms with E-state index >= 15 is 0 Å². The summed E-state index contributed by atoms with van der Waals surface area (Å²) < 4.78 is 12.0. The smallest absolute Gasteiger partial charge is 0.246 e. The molecule has 0 radical (unpaired) electrons. The Hall–Kier alpha value is -1.85. The topological polar surface area (TPSA) is 42.7 Å². The zero-order valence-electron chi connectivity index (χ0n) is 12.0. The number of halogens is 1. The predicted molar refractivity (Wildman–Crippen MR) is 88.3 cm³/mol. The molecule has 1 aliphatic heterocycles. The first kappa shape index (κ1) is 15.1. The molecular weight excluding hydrogens is 346 g/mol. The number of nitrogens with zero attached hydrogens (tertiary/aromatic N) is 1. The Balaban J connectivity index is 1.67. The van der Waals surface area contributed by atoms with Crippen LogP contribution in [0.3, 0.4) is 0 Å². The second-order valence-corrected chi connectivity index (χ2v) is 5.90. The highest BCUT2D eigenvalue weighted by Gasteiger charge is 2.14. The van der Waals surface area contributed by atoms with Crippen LogP contribution in [0.4, 0.5) is 0 Å². The van der Waals surface area contributed by atoms with Crippen molar-refractivity contribution in [3.05, 3.63) is 52.7 Å². The van der Waals surface area contributed by atoms with Gasteiger partial charge in [-0.1, -0.05) is 28.1 Å². The minimum absolute atomic E-state index is 0.00936. The summed E-state index contributed by atoms with van der Waals surface area (Å²) in [6.07, 6.45) is 3.26. The van der Waals surface area contributed by atoms with Gasteiger partial charge in [-0.05, 0) is 30.3 Å².